The second-order valence-corrected chi connectivity index (χ2v) is 4.17. The van der Waals surface area contributed by atoms with Crippen molar-refractivity contribution in [2.24, 2.45) is 0 Å². The molecule has 0 bridgehead atoms. The van der Waals surface area contributed by atoms with Gasteiger partial charge in [0.1, 0.15) is 0 Å². The minimum atomic E-state index is -0.472. The third-order valence-electron chi connectivity index (χ3n) is 2.80. The summed E-state index contributed by atoms with van der Waals surface area (Å²) in [6, 6.07) is 9.23. The number of rotatable bonds is 3. The van der Waals surface area contributed by atoms with Gasteiger partial charge in [0.15, 0.2) is 5.69 Å². The summed E-state index contributed by atoms with van der Waals surface area (Å²) in [5.41, 5.74) is 7.22. The predicted molar refractivity (Wildman–Crippen MR) is 74.0 cm³/mol. The van der Waals surface area contributed by atoms with Crippen LogP contribution >= 0.6 is 0 Å². The lowest BCUT2D eigenvalue weighted by molar-refractivity contribution is -0.384. The van der Waals surface area contributed by atoms with E-state index in [1.807, 2.05) is 0 Å². The molecule has 8 nitrogen and oxygen atoms in total. The highest BCUT2D eigenvalue weighted by Crippen LogP contribution is 2.25. The van der Waals surface area contributed by atoms with E-state index >= 15 is 0 Å². The van der Waals surface area contributed by atoms with Crippen molar-refractivity contribution in [2.45, 2.75) is 0 Å². The molecule has 3 rings (SSSR count). The normalized spacial score (nSPS) is 10.5. The van der Waals surface area contributed by atoms with Crippen LogP contribution < -0.4 is 5.73 Å². The third kappa shape index (κ3) is 2.41. The van der Waals surface area contributed by atoms with Crippen molar-refractivity contribution >= 4 is 11.4 Å². The first-order valence-electron chi connectivity index (χ1n) is 5.94. The zero-order valence-corrected chi connectivity index (χ0v) is 10.6. The molecular formula is C13H9N5O3. The molecule has 0 aliphatic heterocycles. The largest absolute Gasteiger partial charge is 0.397 e. The third-order valence-corrected chi connectivity index (χ3v) is 2.80. The summed E-state index contributed by atoms with van der Waals surface area (Å²) in [6.07, 6.45) is 1.57. The van der Waals surface area contributed by atoms with E-state index in [0.29, 0.717) is 22.8 Å². The van der Waals surface area contributed by atoms with Gasteiger partial charge in [-0.15, -0.1) is 0 Å². The number of non-ortho nitro benzene ring substituents is 1. The second kappa shape index (κ2) is 5.00. The molecule has 104 valence electrons. The number of aromatic nitrogens is 3. The van der Waals surface area contributed by atoms with Crippen LogP contribution in [0.2, 0.25) is 0 Å². The minimum Gasteiger partial charge on any atom is -0.397 e. The number of benzene rings is 1. The highest BCUT2D eigenvalue weighted by atomic mass is 16.6. The maximum absolute atomic E-state index is 10.6. The monoisotopic (exact) mass is 283 g/mol. The Morgan fingerprint density at radius 1 is 1.19 bits per heavy atom. The van der Waals surface area contributed by atoms with E-state index in [2.05, 4.69) is 15.1 Å². The fourth-order valence-electron chi connectivity index (χ4n) is 1.77. The van der Waals surface area contributed by atoms with Crippen LogP contribution in [-0.2, 0) is 0 Å². The maximum atomic E-state index is 10.6. The van der Waals surface area contributed by atoms with Gasteiger partial charge in [-0.3, -0.25) is 10.1 Å². The number of hydrogen-bond donors (Lipinski definition) is 1. The van der Waals surface area contributed by atoms with E-state index in [0.717, 1.165) is 0 Å². The zero-order valence-electron chi connectivity index (χ0n) is 10.6. The van der Waals surface area contributed by atoms with Crippen molar-refractivity contribution in [1.82, 2.24) is 15.1 Å². The SMILES string of the molecule is Nc1cccnc1-c1nc(-c2ccc([N+](=O)[O-])cc2)no1. The maximum Gasteiger partial charge on any atom is 0.278 e. The van der Waals surface area contributed by atoms with E-state index in [1.165, 1.54) is 12.1 Å². The Balaban J connectivity index is 1.95. The highest BCUT2D eigenvalue weighted by Gasteiger charge is 2.14. The number of nitrogens with zero attached hydrogens (tertiary/aromatic N) is 4. The average Bonchev–Trinajstić information content (AvgIpc) is 2.97. The molecular weight excluding hydrogens is 274 g/mol. The van der Waals surface area contributed by atoms with Gasteiger partial charge >= 0.3 is 0 Å². The standard InChI is InChI=1S/C13H9N5O3/c14-10-2-1-7-15-11(10)13-16-12(17-21-13)8-3-5-9(6-4-8)18(19)20/h1-7H,14H2. The molecule has 0 unspecified atom stereocenters. The fourth-order valence-corrected chi connectivity index (χ4v) is 1.77. The van der Waals surface area contributed by atoms with Crippen LogP contribution in [0.15, 0.2) is 47.1 Å². The molecule has 2 N–H and O–H groups in total. The zero-order chi connectivity index (χ0) is 14.8. The van der Waals surface area contributed by atoms with Gasteiger partial charge in [0.2, 0.25) is 5.82 Å². The summed E-state index contributed by atoms with van der Waals surface area (Å²) in [5, 5.41) is 14.4. The lowest BCUT2D eigenvalue weighted by atomic mass is 10.2. The summed E-state index contributed by atoms with van der Waals surface area (Å²) >= 11 is 0. The number of nitrogen functional groups attached to an aromatic ring is 1. The molecule has 1 aromatic carbocycles. The highest BCUT2D eigenvalue weighted by molar-refractivity contribution is 5.67. The van der Waals surface area contributed by atoms with Crippen LogP contribution in [0.5, 0.6) is 0 Å². The number of hydrogen-bond acceptors (Lipinski definition) is 7. The van der Waals surface area contributed by atoms with Crippen molar-refractivity contribution in [3.8, 4) is 23.0 Å². The molecule has 0 atom stereocenters. The van der Waals surface area contributed by atoms with Crippen molar-refractivity contribution in [1.29, 1.82) is 0 Å². The van der Waals surface area contributed by atoms with Crippen molar-refractivity contribution in [2.75, 3.05) is 5.73 Å². The molecule has 0 saturated carbocycles. The van der Waals surface area contributed by atoms with Gasteiger partial charge in [0.05, 0.1) is 10.6 Å². The number of nitro groups is 1. The van der Waals surface area contributed by atoms with Crippen molar-refractivity contribution < 1.29 is 9.45 Å². The molecule has 0 radical (unpaired) electrons. The van der Waals surface area contributed by atoms with E-state index in [9.17, 15) is 10.1 Å². The van der Waals surface area contributed by atoms with Crippen LogP contribution in [0.3, 0.4) is 0 Å². The molecule has 0 aliphatic carbocycles. The van der Waals surface area contributed by atoms with Crippen LogP contribution in [0.4, 0.5) is 11.4 Å². The first-order valence-corrected chi connectivity index (χ1v) is 5.94. The smallest absolute Gasteiger partial charge is 0.278 e. The Labute approximate surface area is 118 Å². The van der Waals surface area contributed by atoms with Crippen LogP contribution in [0, 0.1) is 10.1 Å². The van der Waals surface area contributed by atoms with Crippen molar-refractivity contribution in [3.05, 3.63) is 52.7 Å². The lowest BCUT2D eigenvalue weighted by Gasteiger charge is -1.96. The first kappa shape index (κ1) is 12.7. The van der Waals surface area contributed by atoms with E-state index < -0.39 is 4.92 Å². The van der Waals surface area contributed by atoms with Gasteiger partial charge < -0.3 is 10.3 Å². The van der Waals surface area contributed by atoms with Gasteiger partial charge in [-0.1, -0.05) is 5.16 Å². The minimum absolute atomic E-state index is 0.00330. The Hall–Kier alpha value is -3.29. The Bertz CT molecular complexity index is 798. The summed E-state index contributed by atoms with van der Waals surface area (Å²) in [6.45, 7) is 0. The van der Waals surface area contributed by atoms with E-state index in [-0.39, 0.29) is 11.6 Å². The van der Waals surface area contributed by atoms with Gasteiger partial charge in [-0.05, 0) is 24.3 Å². The van der Waals surface area contributed by atoms with Crippen LogP contribution in [-0.4, -0.2) is 20.0 Å². The number of anilines is 1. The molecule has 0 aliphatic rings. The van der Waals surface area contributed by atoms with Crippen LogP contribution in [0.25, 0.3) is 23.0 Å². The predicted octanol–water partition coefficient (Wildman–Crippen LogP) is 2.29. The van der Waals surface area contributed by atoms with Gasteiger partial charge in [-0.25, -0.2) is 4.98 Å². The summed E-state index contributed by atoms with van der Waals surface area (Å²) in [4.78, 5) is 18.4. The molecule has 0 amide bonds. The summed E-state index contributed by atoms with van der Waals surface area (Å²) in [5.74, 6) is 0.506. The fraction of sp³-hybridized carbons (Fsp3) is 0. The van der Waals surface area contributed by atoms with Gasteiger partial charge in [-0.2, -0.15) is 4.98 Å². The first-order chi connectivity index (χ1) is 10.1. The number of nitrogens with two attached hydrogens (primary N) is 1. The molecule has 0 fully saturated rings. The molecule has 2 aromatic heterocycles. The molecule has 2 heterocycles. The van der Waals surface area contributed by atoms with Gasteiger partial charge in [0.25, 0.3) is 11.6 Å². The summed E-state index contributed by atoms with van der Waals surface area (Å²) < 4.78 is 5.13. The number of nitro benzene ring substituents is 1. The molecule has 21 heavy (non-hydrogen) atoms. The number of pyridine rings is 1. The van der Waals surface area contributed by atoms with Crippen LogP contribution in [0.1, 0.15) is 0 Å². The molecule has 0 spiro atoms. The van der Waals surface area contributed by atoms with E-state index in [1.54, 1.807) is 30.5 Å². The molecule has 8 heteroatoms. The average molecular weight is 283 g/mol. The van der Waals surface area contributed by atoms with E-state index in [4.69, 9.17) is 10.3 Å². The summed E-state index contributed by atoms with van der Waals surface area (Å²) in [7, 11) is 0. The Morgan fingerprint density at radius 2 is 1.95 bits per heavy atom. The topological polar surface area (TPSA) is 121 Å². The second-order valence-electron chi connectivity index (χ2n) is 4.17. The van der Waals surface area contributed by atoms with Gasteiger partial charge in [0, 0.05) is 23.9 Å². The Kier molecular flexibility index (Phi) is 3.03. The van der Waals surface area contributed by atoms with Crippen molar-refractivity contribution in [3.63, 3.8) is 0 Å². The molecule has 3 aromatic rings. The molecule has 0 saturated heterocycles. The Morgan fingerprint density at radius 3 is 2.62 bits per heavy atom. The quantitative estimate of drug-likeness (QED) is 0.578. The lowest BCUT2D eigenvalue weighted by Crippen LogP contribution is -1.92.